The van der Waals surface area contributed by atoms with E-state index in [0.717, 1.165) is 55.5 Å². The van der Waals surface area contributed by atoms with Crippen molar-refractivity contribution in [3.63, 3.8) is 0 Å². The van der Waals surface area contributed by atoms with Gasteiger partial charge in [-0.2, -0.15) is 0 Å². The average molecular weight is 343 g/mol. The molecule has 134 valence electrons. The molecule has 1 aromatic carbocycles. The van der Waals surface area contributed by atoms with Crippen LogP contribution in [0.3, 0.4) is 0 Å². The molecule has 2 aromatic rings. The summed E-state index contributed by atoms with van der Waals surface area (Å²) in [6.45, 7) is 2.69. The number of ether oxygens (including phenoxy) is 2. The van der Waals surface area contributed by atoms with Crippen LogP contribution >= 0.6 is 0 Å². The van der Waals surface area contributed by atoms with Crippen molar-refractivity contribution < 1.29 is 14.3 Å². The van der Waals surface area contributed by atoms with Crippen molar-refractivity contribution in [3.05, 3.63) is 36.0 Å². The first-order valence-electron chi connectivity index (χ1n) is 9.05. The van der Waals surface area contributed by atoms with Gasteiger partial charge in [-0.1, -0.05) is 18.2 Å². The molecule has 1 unspecified atom stereocenters. The SMILES string of the molecule is O=C(NCc1cc2ccccc2[nH]1)NC1CCOC2(CCOCC2)C1. The van der Waals surface area contributed by atoms with E-state index >= 15 is 0 Å². The maximum Gasteiger partial charge on any atom is 0.315 e. The Labute approximate surface area is 147 Å². The van der Waals surface area contributed by atoms with Gasteiger partial charge >= 0.3 is 6.03 Å². The summed E-state index contributed by atoms with van der Waals surface area (Å²) in [7, 11) is 0. The minimum Gasteiger partial charge on any atom is -0.381 e. The number of carbonyl (C=O) groups is 1. The molecule has 1 aromatic heterocycles. The number of nitrogens with one attached hydrogen (secondary N) is 3. The average Bonchev–Trinajstić information content (AvgIpc) is 3.04. The number of aromatic nitrogens is 1. The first kappa shape index (κ1) is 16.4. The third-order valence-electron chi connectivity index (χ3n) is 5.26. The monoisotopic (exact) mass is 343 g/mol. The van der Waals surface area contributed by atoms with Gasteiger partial charge in [0.05, 0.1) is 12.1 Å². The number of hydrogen-bond acceptors (Lipinski definition) is 3. The largest absolute Gasteiger partial charge is 0.381 e. The molecule has 0 bridgehead atoms. The van der Waals surface area contributed by atoms with Crippen LogP contribution in [0.4, 0.5) is 4.79 Å². The summed E-state index contributed by atoms with van der Waals surface area (Å²) >= 11 is 0. The fourth-order valence-electron chi connectivity index (χ4n) is 3.88. The Hall–Kier alpha value is -2.05. The number of amides is 2. The number of hydrogen-bond donors (Lipinski definition) is 3. The highest BCUT2D eigenvalue weighted by molar-refractivity contribution is 5.80. The number of aromatic amines is 1. The van der Waals surface area contributed by atoms with Crippen LogP contribution in [0, 0.1) is 0 Å². The minimum absolute atomic E-state index is 0.106. The summed E-state index contributed by atoms with van der Waals surface area (Å²) in [5, 5.41) is 7.22. The van der Waals surface area contributed by atoms with E-state index in [1.165, 1.54) is 0 Å². The van der Waals surface area contributed by atoms with E-state index in [0.29, 0.717) is 13.2 Å². The lowest BCUT2D eigenvalue weighted by atomic mass is 9.84. The lowest BCUT2D eigenvalue weighted by Gasteiger charge is -2.43. The third kappa shape index (κ3) is 3.80. The number of carbonyl (C=O) groups excluding carboxylic acids is 1. The number of H-pyrrole nitrogens is 1. The molecule has 6 nitrogen and oxygen atoms in total. The summed E-state index contributed by atoms with van der Waals surface area (Å²) in [6, 6.07) is 10.2. The second-order valence-corrected chi connectivity index (χ2v) is 7.04. The van der Waals surface area contributed by atoms with Crippen LogP contribution in [-0.2, 0) is 16.0 Å². The smallest absolute Gasteiger partial charge is 0.315 e. The number of para-hydroxylation sites is 1. The van der Waals surface area contributed by atoms with Gasteiger partial charge in [0.15, 0.2) is 0 Å². The van der Waals surface area contributed by atoms with E-state index in [-0.39, 0.29) is 17.7 Å². The van der Waals surface area contributed by atoms with E-state index in [4.69, 9.17) is 9.47 Å². The molecule has 3 heterocycles. The molecule has 2 saturated heterocycles. The molecule has 2 amide bonds. The van der Waals surface area contributed by atoms with E-state index in [9.17, 15) is 4.79 Å². The highest BCUT2D eigenvalue weighted by Gasteiger charge is 2.39. The van der Waals surface area contributed by atoms with Crippen LogP contribution < -0.4 is 10.6 Å². The van der Waals surface area contributed by atoms with Crippen LogP contribution in [0.1, 0.15) is 31.4 Å². The quantitative estimate of drug-likeness (QED) is 0.802. The highest BCUT2D eigenvalue weighted by Crippen LogP contribution is 2.34. The zero-order chi connectivity index (χ0) is 17.1. The fraction of sp³-hybridized carbons (Fsp3) is 0.526. The molecule has 6 heteroatoms. The molecule has 2 fully saturated rings. The van der Waals surface area contributed by atoms with Crippen LogP contribution in [0.2, 0.25) is 0 Å². The zero-order valence-electron chi connectivity index (χ0n) is 14.3. The van der Waals surface area contributed by atoms with Crippen LogP contribution in [0.5, 0.6) is 0 Å². The summed E-state index contributed by atoms with van der Waals surface area (Å²) in [4.78, 5) is 15.6. The van der Waals surface area contributed by atoms with Gasteiger partial charge in [0.2, 0.25) is 0 Å². The highest BCUT2D eigenvalue weighted by atomic mass is 16.5. The molecule has 0 radical (unpaired) electrons. The van der Waals surface area contributed by atoms with Crippen molar-refractivity contribution in [1.29, 1.82) is 0 Å². The van der Waals surface area contributed by atoms with Crippen molar-refractivity contribution in [2.45, 2.75) is 43.9 Å². The van der Waals surface area contributed by atoms with E-state index in [1.54, 1.807) is 0 Å². The summed E-state index contributed by atoms with van der Waals surface area (Å²) in [5.41, 5.74) is 1.99. The molecular weight excluding hydrogens is 318 g/mol. The number of urea groups is 1. The Balaban J connectivity index is 1.29. The van der Waals surface area contributed by atoms with Gasteiger partial charge in [-0.3, -0.25) is 0 Å². The van der Waals surface area contributed by atoms with Gasteiger partial charge in [0, 0.05) is 37.1 Å². The standard InChI is InChI=1S/C19H25N3O3/c23-18(20-13-16-11-14-3-1-2-4-17(14)21-16)22-15-5-8-25-19(12-15)6-9-24-10-7-19/h1-4,11,15,21H,5-10,12-13H2,(H2,20,22,23). The molecule has 4 rings (SSSR count). The number of benzene rings is 1. The van der Waals surface area contributed by atoms with Gasteiger partial charge in [-0.15, -0.1) is 0 Å². The van der Waals surface area contributed by atoms with Crippen molar-refractivity contribution in [2.24, 2.45) is 0 Å². The Morgan fingerprint density at radius 3 is 2.92 bits per heavy atom. The lowest BCUT2D eigenvalue weighted by Crippen LogP contribution is -2.52. The van der Waals surface area contributed by atoms with E-state index in [2.05, 4.69) is 27.8 Å². The molecule has 2 aliphatic heterocycles. The predicted octanol–water partition coefficient (Wildman–Crippen LogP) is 2.70. The summed E-state index contributed by atoms with van der Waals surface area (Å²) in [6.07, 6.45) is 3.57. The maximum absolute atomic E-state index is 12.3. The second kappa shape index (κ2) is 7.06. The molecular formula is C19H25N3O3. The fourth-order valence-corrected chi connectivity index (χ4v) is 3.88. The Morgan fingerprint density at radius 2 is 2.08 bits per heavy atom. The molecule has 1 spiro atoms. The summed E-state index contributed by atoms with van der Waals surface area (Å²) < 4.78 is 11.5. The normalized spacial score (nSPS) is 22.8. The van der Waals surface area contributed by atoms with Crippen molar-refractivity contribution >= 4 is 16.9 Å². The molecule has 0 aliphatic carbocycles. The van der Waals surface area contributed by atoms with Crippen molar-refractivity contribution in [1.82, 2.24) is 15.6 Å². The van der Waals surface area contributed by atoms with Gasteiger partial charge in [-0.25, -0.2) is 4.79 Å². The van der Waals surface area contributed by atoms with Crippen LogP contribution in [0.25, 0.3) is 10.9 Å². The lowest BCUT2D eigenvalue weighted by molar-refractivity contribution is -0.139. The summed E-state index contributed by atoms with van der Waals surface area (Å²) in [5.74, 6) is 0. The Bertz CT molecular complexity index is 698. The maximum atomic E-state index is 12.3. The minimum atomic E-state index is -0.118. The number of fused-ring (bicyclic) bond motifs is 1. The molecule has 2 aliphatic rings. The van der Waals surface area contributed by atoms with E-state index in [1.807, 2.05) is 18.2 Å². The first-order valence-corrected chi connectivity index (χ1v) is 9.05. The molecule has 1 atom stereocenters. The second-order valence-electron chi connectivity index (χ2n) is 7.04. The van der Waals surface area contributed by atoms with E-state index < -0.39 is 0 Å². The molecule has 25 heavy (non-hydrogen) atoms. The van der Waals surface area contributed by atoms with Gasteiger partial charge < -0.3 is 25.1 Å². The number of rotatable bonds is 3. The molecule has 0 saturated carbocycles. The zero-order valence-corrected chi connectivity index (χ0v) is 14.3. The Kier molecular flexibility index (Phi) is 4.63. The van der Waals surface area contributed by atoms with Crippen molar-refractivity contribution in [2.75, 3.05) is 19.8 Å². The van der Waals surface area contributed by atoms with Crippen LogP contribution in [-0.4, -0.2) is 42.5 Å². The molecule has 3 N–H and O–H groups in total. The van der Waals surface area contributed by atoms with Gasteiger partial charge in [-0.05, 0) is 43.2 Å². The van der Waals surface area contributed by atoms with Gasteiger partial charge in [0.25, 0.3) is 0 Å². The van der Waals surface area contributed by atoms with Crippen LogP contribution in [0.15, 0.2) is 30.3 Å². The topological polar surface area (TPSA) is 75.4 Å². The Morgan fingerprint density at radius 1 is 1.24 bits per heavy atom. The first-order chi connectivity index (χ1) is 12.2. The van der Waals surface area contributed by atoms with Crippen molar-refractivity contribution in [3.8, 4) is 0 Å². The predicted molar refractivity (Wildman–Crippen MR) is 95.4 cm³/mol. The van der Waals surface area contributed by atoms with Gasteiger partial charge in [0.1, 0.15) is 0 Å². The third-order valence-corrected chi connectivity index (χ3v) is 5.26.